The van der Waals surface area contributed by atoms with Gasteiger partial charge in [-0.3, -0.25) is 0 Å². The Labute approximate surface area is 72.9 Å². The molecule has 1 aliphatic rings. The van der Waals surface area contributed by atoms with Crippen LogP contribution in [0, 0.1) is 0 Å². The van der Waals surface area contributed by atoms with Gasteiger partial charge in [-0.05, 0) is 19.8 Å². The van der Waals surface area contributed by atoms with Crippen LogP contribution >= 0.6 is 11.8 Å². The Morgan fingerprint density at radius 2 is 2.55 bits per heavy atom. The Morgan fingerprint density at radius 3 is 3.09 bits per heavy atom. The summed E-state index contributed by atoms with van der Waals surface area (Å²) in [5.41, 5.74) is 5.62. The van der Waals surface area contributed by atoms with Gasteiger partial charge in [-0.15, -0.1) is 0 Å². The van der Waals surface area contributed by atoms with Gasteiger partial charge in [-0.2, -0.15) is 11.8 Å². The number of hydrogen-bond acceptors (Lipinski definition) is 3. The molecular weight excluding hydrogens is 158 g/mol. The van der Waals surface area contributed by atoms with Crippen LogP contribution in [-0.4, -0.2) is 30.3 Å². The van der Waals surface area contributed by atoms with Crippen molar-refractivity contribution >= 4 is 11.8 Å². The zero-order valence-corrected chi connectivity index (χ0v) is 7.90. The fourth-order valence-electron chi connectivity index (χ4n) is 1.16. The van der Waals surface area contributed by atoms with Crippen molar-refractivity contribution in [2.24, 2.45) is 5.73 Å². The summed E-state index contributed by atoms with van der Waals surface area (Å²) >= 11 is 1.91. The van der Waals surface area contributed by atoms with E-state index in [0.717, 1.165) is 18.1 Å². The lowest BCUT2D eigenvalue weighted by Crippen LogP contribution is -2.19. The predicted molar refractivity (Wildman–Crippen MR) is 49.9 cm³/mol. The summed E-state index contributed by atoms with van der Waals surface area (Å²) in [4.78, 5) is 0. The molecule has 0 saturated carbocycles. The van der Waals surface area contributed by atoms with Crippen molar-refractivity contribution in [1.29, 1.82) is 0 Å². The minimum atomic E-state index is 0.321. The molecule has 0 aromatic rings. The van der Waals surface area contributed by atoms with Crippen molar-refractivity contribution in [1.82, 2.24) is 0 Å². The molecule has 0 bridgehead atoms. The lowest BCUT2D eigenvalue weighted by Gasteiger charge is -2.09. The smallest absolute Gasteiger partial charge is 0.0666 e. The van der Waals surface area contributed by atoms with E-state index in [0.29, 0.717) is 12.1 Å². The van der Waals surface area contributed by atoms with Gasteiger partial charge in [0.1, 0.15) is 0 Å². The molecule has 1 unspecified atom stereocenters. The molecule has 2 nitrogen and oxygen atoms in total. The second-order valence-electron chi connectivity index (χ2n) is 3.15. The van der Waals surface area contributed by atoms with Crippen LogP contribution in [0.5, 0.6) is 0 Å². The zero-order chi connectivity index (χ0) is 8.10. The number of rotatable bonds is 4. The summed E-state index contributed by atoms with van der Waals surface area (Å²) in [7, 11) is 0. The van der Waals surface area contributed by atoms with Crippen LogP contribution in [0.25, 0.3) is 0 Å². The third-order valence-electron chi connectivity index (χ3n) is 1.71. The van der Waals surface area contributed by atoms with E-state index >= 15 is 0 Å². The number of ether oxygens (including phenoxy) is 1. The largest absolute Gasteiger partial charge is 0.377 e. The van der Waals surface area contributed by atoms with Crippen molar-refractivity contribution < 1.29 is 4.74 Å². The highest BCUT2D eigenvalue weighted by molar-refractivity contribution is 7.99. The molecule has 0 radical (unpaired) electrons. The molecule has 1 heterocycles. The molecule has 66 valence electrons. The summed E-state index contributed by atoms with van der Waals surface area (Å²) in [5, 5.41) is 0. The number of thioether (sulfide) groups is 1. The minimum Gasteiger partial charge on any atom is -0.377 e. The number of nitrogens with two attached hydrogens (primary N) is 1. The van der Waals surface area contributed by atoms with Crippen LogP contribution in [-0.2, 0) is 4.74 Å². The highest BCUT2D eigenvalue weighted by Gasteiger charge is 2.14. The molecule has 1 fully saturated rings. The Kier molecular flexibility index (Phi) is 4.26. The van der Waals surface area contributed by atoms with E-state index in [1.54, 1.807) is 0 Å². The molecule has 0 aromatic carbocycles. The third kappa shape index (κ3) is 3.99. The highest BCUT2D eigenvalue weighted by Crippen LogP contribution is 2.16. The molecular formula is C8H17NOS. The van der Waals surface area contributed by atoms with Gasteiger partial charge < -0.3 is 10.5 Å². The molecule has 2 N–H and O–H groups in total. The van der Waals surface area contributed by atoms with Crippen molar-refractivity contribution in [2.75, 3.05) is 18.1 Å². The van der Waals surface area contributed by atoms with Gasteiger partial charge in [-0.25, -0.2) is 0 Å². The second kappa shape index (κ2) is 5.01. The molecule has 2 atom stereocenters. The van der Waals surface area contributed by atoms with Crippen LogP contribution < -0.4 is 5.73 Å². The van der Waals surface area contributed by atoms with Gasteiger partial charge in [0.15, 0.2) is 0 Å². The Morgan fingerprint density at radius 1 is 1.73 bits per heavy atom. The summed E-state index contributed by atoms with van der Waals surface area (Å²) in [6.07, 6.45) is 2.99. The normalized spacial score (nSPS) is 27.3. The first-order valence-electron chi connectivity index (χ1n) is 4.24. The topological polar surface area (TPSA) is 35.2 Å². The maximum absolute atomic E-state index is 5.62. The summed E-state index contributed by atoms with van der Waals surface area (Å²) < 4.78 is 5.47. The SMILES string of the molecule is C[C@@H](N)CSCC1CCCO1. The first-order chi connectivity index (χ1) is 5.29. The fraction of sp³-hybridized carbons (Fsp3) is 1.00. The summed E-state index contributed by atoms with van der Waals surface area (Å²) in [5.74, 6) is 2.18. The minimum absolute atomic E-state index is 0.321. The van der Waals surface area contributed by atoms with Gasteiger partial charge in [0.2, 0.25) is 0 Å². The maximum atomic E-state index is 5.62. The molecule has 3 heteroatoms. The van der Waals surface area contributed by atoms with E-state index in [1.807, 2.05) is 18.7 Å². The van der Waals surface area contributed by atoms with Crippen LogP contribution in [0.4, 0.5) is 0 Å². The quantitative estimate of drug-likeness (QED) is 0.698. The maximum Gasteiger partial charge on any atom is 0.0666 e. The second-order valence-corrected chi connectivity index (χ2v) is 4.22. The van der Waals surface area contributed by atoms with E-state index in [1.165, 1.54) is 12.8 Å². The molecule has 0 amide bonds. The van der Waals surface area contributed by atoms with Gasteiger partial charge in [-0.1, -0.05) is 0 Å². The van der Waals surface area contributed by atoms with E-state index in [-0.39, 0.29) is 0 Å². The molecule has 11 heavy (non-hydrogen) atoms. The van der Waals surface area contributed by atoms with Crippen LogP contribution in [0.3, 0.4) is 0 Å². The Bertz CT molecular complexity index is 102. The first kappa shape index (κ1) is 9.36. The standard InChI is InChI=1S/C8H17NOS/c1-7(9)5-11-6-8-3-2-4-10-8/h7-8H,2-6,9H2,1H3/t7-,8?/m1/s1. The van der Waals surface area contributed by atoms with Gasteiger partial charge in [0, 0.05) is 24.2 Å². The van der Waals surface area contributed by atoms with E-state index < -0.39 is 0 Å². The Hall–Kier alpha value is 0.270. The first-order valence-corrected chi connectivity index (χ1v) is 5.39. The van der Waals surface area contributed by atoms with Crippen molar-refractivity contribution in [3.05, 3.63) is 0 Å². The van der Waals surface area contributed by atoms with Gasteiger partial charge in [0.25, 0.3) is 0 Å². The van der Waals surface area contributed by atoms with Gasteiger partial charge >= 0.3 is 0 Å². The van der Waals surface area contributed by atoms with Crippen molar-refractivity contribution in [3.63, 3.8) is 0 Å². The lowest BCUT2D eigenvalue weighted by molar-refractivity contribution is 0.129. The summed E-state index contributed by atoms with van der Waals surface area (Å²) in [6, 6.07) is 0.321. The molecule has 1 aliphatic heterocycles. The van der Waals surface area contributed by atoms with Crippen molar-refractivity contribution in [2.45, 2.75) is 31.9 Å². The monoisotopic (exact) mass is 175 g/mol. The highest BCUT2D eigenvalue weighted by atomic mass is 32.2. The van der Waals surface area contributed by atoms with Crippen molar-refractivity contribution in [3.8, 4) is 0 Å². The zero-order valence-electron chi connectivity index (χ0n) is 7.08. The average molecular weight is 175 g/mol. The van der Waals surface area contributed by atoms with Crippen LogP contribution in [0.2, 0.25) is 0 Å². The molecule has 0 aliphatic carbocycles. The molecule has 0 aromatic heterocycles. The third-order valence-corrected chi connectivity index (χ3v) is 3.08. The average Bonchev–Trinajstić information content (AvgIpc) is 2.39. The van der Waals surface area contributed by atoms with Crippen LogP contribution in [0.1, 0.15) is 19.8 Å². The van der Waals surface area contributed by atoms with E-state index in [4.69, 9.17) is 10.5 Å². The predicted octanol–water partition coefficient (Wildman–Crippen LogP) is 1.25. The van der Waals surface area contributed by atoms with Crippen LogP contribution in [0.15, 0.2) is 0 Å². The van der Waals surface area contributed by atoms with E-state index in [2.05, 4.69) is 0 Å². The van der Waals surface area contributed by atoms with Gasteiger partial charge in [0.05, 0.1) is 6.10 Å². The molecule has 0 spiro atoms. The fourth-order valence-corrected chi connectivity index (χ4v) is 2.19. The lowest BCUT2D eigenvalue weighted by atomic mass is 10.3. The number of hydrogen-bond donors (Lipinski definition) is 1. The Balaban J connectivity index is 1.94. The summed E-state index contributed by atoms with van der Waals surface area (Å²) in [6.45, 7) is 3.01. The molecule has 1 saturated heterocycles. The molecule has 1 rings (SSSR count). The van der Waals surface area contributed by atoms with E-state index in [9.17, 15) is 0 Å².